The maximum absolute atomic E-state index is 13.8. The third kappa shape index (κ3) is 4.30. The second-order valence-corrected chi connectivity index (χ2v) is 10.1. The minimum atomic E-state index is -0.399. The van der Waals surface area contributed by atoms with Gasteiger partial charge in [0, 0.05) is 44.0 Å². The van der Waals surface area contributed by atoms with Gasteiger partial charge in [-0.25, -0.2) is 4.39 Å². The Hall–Kier alpha value is -2.54. The molecule has 0 bridgehead atoms. The zero-order valence-electron chi connectivity index (χ0n) is 20.3. The highest BCUT2D eigenvalue weighted by molar-refractivity contribution is 6.31. The molecule has 34 heavy (non-hydrogen) atoms. The van der Waals surface area contributed by atoms with Gasteiger partial charge in [0.05, 0.1) is 22.5 Å². The van der Waals surface area contributed by atoms with Crippen LogP contribution in [0.1, 0.15) is 56.3 Å². The van der Waals surface area contributed by atoms with Gasteiger partial charge in [-0.3, -0.25) is 9.91 Å². The minimum Gasteiger partial charge on any atom is -0.378 e. The molecule has 5 nitrogen and oxygen atoms in total. The van der Waals surface area contributed by atoms with Crippen molar-refractivity contribution in [1.29, 1.82) is 0 Å². The van der Waals surface area contributed by atoms with Gasteiger partial charge in [0.25, 0.3) is 0 Å². The van der Waals surface area contributed by atoms with Gasteiger partial charge < -0.3 is 10.7 Å². The van der Waals surface area contributed by atoms with Gasteiger partial charge in [-0.2, -0.15) is 0 Å². The number of allylic oxidation sites excluding steroid dienone is 1. The van der Waals surface area contributed by atoms with Crippen LogP contribution in [0.2, 0.25) is 5.02 Å². The number of hydrogen-bond donors (Lipinski definition) is 2. The molecule has 180 valence electrons. The van der Waals surface area contributed by atoms with E-state index in [0.29, 0.717) is 6.04 Å². The van der Waals surface area contributed by atoms with Crippen LogP contribution in [0.25, 0.3) is 11.3 Å². The molecule has 3 aliphatic rings. The van der Waals surface area contributed by atoms with E-state index in [0.717, 1.165) is 43.9 Å². The summed E-state index contributed by atoms with van der Waals surface area (Å²) in [4.78, 5) is 2.50. The molecule has 0 aromatic heterocycles. The SMILES string of the molecule is CC1=C2c3ccc(C4=CCN(C(C)C)CC4)cc3C(Nc3ccc(F)c(Cl)c3)CCN2N(C)N1. The number of hydrazine groups is 2. The summed E-state index contributed by atoms with van der Waals surface area (Å²) in [5.41, 5.74) is 11.8. The van der Waals surface area contributed by atoms with Crippen LogP contribution in [0.5, 0.6) is 0 Å². The lowest BCUT2D eigenvalue weighted by molar-refractivity contribution is 0.0446. The van der Waals surface area contributed by atoms with E-state index in [-0.39, 0.29) is 11.1 Å². The number of hydrogen-bond acceptors (Lipinski definition) is 5. The number of fused-ring (bicyclic) bond motifs is 3. The van der Waals surface area contributed by atoms with Crippen LogP contribution in [0, 0.1) is 5.82 Å². The van der Waals surface area contributed by atoms with Crippen molar-refractivity contribution in [1.82, 2.24) is 20.5 Å². The Bertz CT molecular complexity index is 1160. The van der Waals surface area contributed by atoms with E-state index in [1.807, 2.05) is 7.05 Å². The molecule has 5 rings (SSSR count). The largest absolute Gasteiger partial charge is 0.378 e. The van der Waals surface area contributed by atoms with E-state index >= 15 is 0 Å². The predicted molar refractivity (Wildman–Crippen MR) is 138 cm³/mol. The summed E-state index contributed by atoms with van der Waals surface area (Å²) in [5, 5.41) is 8.14. The normalized spacial score (nSPS) is 21.2. The van der Waals surface area contributed by atoms with Gasteiger partial charge in [0.2, 0.25) is 0 Å². The second kappa shape index (κ2) is 9.25. The second-order valence-electron chi connectivity index (χ2n) is 9.72. The molecule has 3 aliphatic heterocycles. The summed E-state index contributed by atoms with van der Waals surface area (Å²) in [6.45, 7) is 9.58. The average molecular weight is 482 g/mol. The van der Waals surface area contributed by atoms with Gasteiger partial charge in [-0.05, 0) is 74.6 Å². The Morgan fingerprint density at radius 1 is 1.15 bits per heavy atom. The first kappa shape index (κ1) is 23.2. The minimum absolute atomic E-state index is 0.0760. The summed E-state index contributed by atoms with van der Waals surface area (Å²) in [6, 6.07) is 12.4. The van der Waals surface area contributed by atoms with Crippen molar-refractivity contribution in [2.24, 2.45) is 0 Å². The first-order valence-corrected chi connectivity index (χ1v) is 12.5. The molecule has 1 unspecified atom stereocenters. The van der Waals surface area contributed by atoms with Crippen molar-refractivity contribution in [2.45, 2.75) is 45.7 Å². The molecule has 2 aromatic carbocycles. The highest BCUT2D eigenvalue weighted by Crippen LogP contribution is 2.40. The summed E-state index contributed by atoms with van der Waals surface area (Å²) < 4.78 is 13.8. The van der Waals surface area contributed by atoms with Crippen LogP contribution in [-0.4, -0.2) is 47.8 Å². The summed E-state index contributed by atoms with van der Waals surface area (Å²) >= 11 is 6.08. The molecular formula is C27H33ClFN5. The zero-order valence-corrected chi connectivity index (χ0v) is 21.1. The Balaban J connectivity index is 1.54. The van der Waals surface area contributed by atoms with Gasteiger partial charge >= 0.3 is 0 Å². The van der Waals surface area contributed by atoms with Crippen LogP contribution in [-0.2, 0) is 0 Å². The molecule has 0 saturated heterocycles. The monoisotopic (exact) mass is 481 g/mol. The molecule has 0 radical (unpaired) electrons. The lowest BCUT2D eigenvalue weighted by Gasteiger charge is -2.30. The highest BCUT2D eigenvalue weighted by atomic mass is 35.5. The van der Waals surface area contributed by atoms with Crippen molar-refractivity contribution >= 4 is 28.6 Å². The van der Waals surface area contributed by atoms with E-state index in [1.165, 1.54) is 34.0 Å². The predicted octanol–water partition coefficient (Wildman–Crippen LogP) is 5.89. The standard InChI is InChI=1S/C27H33ClFN5/c1-17(2)33-12-9-19(10-13-33)20-5-7-22-23(15-20)26(30-21-6-8-25(29)24(28)16-21)11-14-34-27(22)18(3)31-32(34)4/h5-9,15-17,26,30-31H,10-14H2,1-4H3. The summed E-state index contributed by atoms with van der Waals surface area (Å²) in [6.07, 6.45) is 4.33. The number of rotatable bonds is 4. The third-order valence-corrected chi connectivity index (χ3v) is 7.51. The van der Waals surface area contributed by atoms with E-state index < -0.39 is 5.82 Å². The molecule has 0 fully saturated rings. The number of nitrogens with one attached hydrogen (secondary N) is 2. The van der Waals surface area contributed by atoms with Crippen molar-refractivity contribution in [3.05, 3.63) is 75.7 Å². The van der Waals surface area contributed by atoms with Crippen LogP contribution in [0.3, 0.4) is 0 Å². The Morgan fingerprint density at radius 2 is 1.97 bits per heavy atom. The van der Waals surface area contributed by atoms with Crippen LogP contribution in [0.4, 0.5) is 10.1 Å². The van der Waals surface area contributed by atoms with E-state index in [1.54, 1.807) is 12.1 Å². The van der Waals surface area contributed by atoms with Crippen molar-refractivity contribution in [2.75, 3.05) is 32.0 Å². The molecule has 2 N–H and O–H groups in total. The molecule has 0 aliphatic carbocycles. The molecular weight excluding hydrogens is 449 g/mol. The molecule has 1 atom stereocenters. The van der Waals surface area contributed by atoms with Gasteiger partial charge in [-0.1, -0.05) is 29.8 Å². The fraction of sp³-hybridized carbons (Fsp3) is 0.407. The zero-order chi connectivity index (χ0) is 24.0. The lowest BCUT2D eigenvalue weighted by Crippen LogP contribution is -2.40. The Labute approximate surface area is 206 Å². The number of benzene rings is 2. The van der Waals surface area contributed by atoms with E-state index in [4.69, 9.17) is 11.6 Å². The Morgan fingerprint density at radius 3 is 2.68 bits per heavy atom. The molecule has 0 spiro atoms. The molecule has 3 heterocycles. The van der Waals surface area contributed by atoms with E-state index in [9.17, 15) is 4.39 Å². The molecule has 2 aromatic rings. The van der Waals surface area contributed by atoms with Crippen molar-refractivity contribution in [3.8, 4) is 0 Å². The average Bonchev–Trinajstić information content (AvgIpc) is 3.00. The summed E-state index contributed by atoms with van der Waals surface area (Å²) in [5.74, 6) is -0.399. The maximum Gasteiger partial charge on any atom is 0.141 e. The molecule has 7 heteroatoms. The lowest BCUT2D eigenvalue weighted by atomic mass is 9.90. The summed E-state index contributed by atoms with van der Waals surface area (Å²) in [7, 11) is 2.05. The Kier molecular flexibility index (Phi) is 6.32. The first-order chi connectivity index (χ1) is 16.3. The smallest absolute Gasteiger partial charge is 0.141 e. The van der Waals surface area contributed by atoms with Crippen molar-refractivity contribution in [3.63, 3.8) is 0 Å². The van der Waals surface area contributed by atoms with Crippen molar-refractivity contribution < 1.29 is 4.39 Å². The fourth-order valence-corrected chi connectivity index (χ4v) is 5.51. The quantitative estimate of drug-likeness (QED) is 0.569. The highest BCUT2D eigenvalue weighted by Gasteiger charge is 2.33. The van der Waals surface area contributed by atoms with Crippen LogP contribution >= 0.6 is 11.6 Å². The third-order valence-electron chi connectivity index (χ3n) is 7.22. The van der Waals surface area contributed by atoms with E-state index in [2.05, 4.69) is 70.8 Å². The number of halogens is 2. The van der Waals surface area contributed by atoms with Gasteiger partial charge in [0.1, 0.15) is 5.82 Å². The van der Waals surface area contributed by atoms with Crippen LogP contribution < -0.4 is 10.7 Å². The molecule has 0 saturated carbocycles. The van der Waals surface area contributed by atoms with Gasteiger partial charge in [0.15, 0.2) is 0 Å². The molecule has 0 amide bonds. The topological polar surface area (TPSA) is 33.8 Å². The van der Waals surface area contributed by atoms with Gasteiger partial charge in [-0.15, -0.1) is 5.12 Å². The fourth-order valence-electron chi connectivity index (χ4n) is 5.33. The van der Waals surface area contributed by atoms with Crippen LogP contribution in [0.15, 0.2) is 48.2 Å². The maximum atomic E-state index is 13.8. The number of nitrogens with zero attached hydrogens (tertiary/aromatic N) is 3. The first-order valence-electron chi connectivity index (χ1n) is 12.1. The number of anilines is 1.